The van der Waals surface area contributed by atoms with Gasteiger partial charge in [-0.1, -0.05) is 16.8 Å². The van der Waals surface area contributed by atoms with E-state index in [1.165, 1.54) is 10.9 Å². The lowest BCUT2D eigenvalue weighted by atomic mass is 10.4. The van der Waals surface area contributed by atoms with Gasteiger partial charge in [0.15, 0.2) is 5.15 Å². The Balaban J connectivity index is 2.36. The van der Waals surface area contributed by atoms with Crippen LogP contribution in [0.1, 0.15) is 11.5 Å². The first-order chi connectivity index (χ1) is 7.58. The third-order valence-corrected chi connectivity index (χ3v) is 3.18. The highest BCUT2D eigenvalue weighted by Gasteiger charge is 2.08. The number of aryl methyl sites for hydroxylation is 1. The summed E-state index contributed by atoms with van der Waals surface area (Å²) in [7, 11) is 0. The summed E-state index contributed by atoms with van der Waals surface area (Å²) < 4.78 is 6.55. The van der Waals surface area contributed by atoms with Crippen molar-refractivity contribution in [2.45, 2.75) is 13.5 Å². The molecule has 5 nitrogen and oxygen atoms in total. The fraction of sp³-hybridized carbons (Fsp3) is 0.222. The van der Waals surface area contributed by atoms with Crippen molar-refractivity contribution in [3.8, 4) is 0 Å². The van der Waals surface area contributed by atoms with Gasteiger partial charge in [0, 0.05) is 6.07 Å². The Kier molecular flexibility index (Phi) is 3.11. The van der Waals surface area contributed by atoms with Gasteiger partial charge >= 0.3 is 0 Å². The summed E-state index contributed by atoms with van der Waals surface area (Å²) in [5.41, 5.74) is 0.413. The number of rotatable bonds is 2. The van der Waals surface area contributed by atoms with E-state index in [4.69, 9.17) is 16.1 Å². The summed E-state index contributed by atoms with van der Waals surface area (Å²) in [6, 6.07) is 1.76. The van der Waals surface area contributed by atoms with Crippen LogP contribution in [-0.4, -0.2) is 14.7 Å². The van der Waals surface area contributed by atoms with E-state index in [0.717, 1.165) is 0 Å². The quantitative estimate of drug-likeness (QED) is 0.796. The van der Waals surface area contributed by atoms with Crippen molar-refractivity contribution in [3.05, 3.63) is 43.8 Å². The molecular formula is C9H7BrClN3O2. The second kappa shape index (κ2) is 4.39. The fourth-order valence-electron chi connectivity index (χ4n) is 1.22. The van der Waals surface area contributed by atoms with Gasteiger partial charge in [0.05, 0.1) is 12.9 Å². The number of aromatic nitrogens is 3. The highest BCUT2D eigenvalue weighted by molar-refractivity contribution is 9.10. The Hall–Kier alpha value is -1.14. The van der Waals surface area contributed by atoms with Crippen molar-refractivity contribution in [2.75, 3.05) is 0 Å². The van der Waals surface area contributed by atoms with Gasteiger partial charge in [-0.05, 0) is 22.9 Å². The van der Waals surface area contributed by atoms with E-state index in [0.29, 0.717) is 18.0 Å². The Morgan fingerprint density at radius 3 is 3.00 bits per heavy atom. The normalized spacial score (nSPS) is 10.7. The molecule has 16 heavy (non-hydrogen) atoms. The molecule has 0 aliphatic heterocycles. The maximum Gasteiger partial charge on any atom is 0.269 e. The SMILES string of the molecule is Cc1cc(Cn2cnc(Cl)c(Br)c2=O)no1. The lowest BCUT2D eigenvalue weighted by Gasteiger charge is -2.02. The topological polar surface area (TPSA) is 60.9 Å². The zero-order valence-electron chi connectivity index (χ0n) is 8.28. The minimum Gasteiger partial charge on any atom is -0.361 e. The second-order valence-corrected chi connectivity index (χ2v) is 4.36. The molecule has 0 spiro atoms. The summed E-state index contributed by atoms with van der Waals surface area (Å²) in [6.45, 7) is 2.09. The van der Waals surface area contributed by atoms with E-state index >= 15 is 0 Å². The van der Waals surface area contributed by atoms with E-state index in [2.05, 4.69) is 26.1 Å². The van der Waals surface area contributed by atoms with Gasteiger partial charge in [-0.25, -0.2) is 4.98 Å². The van der Waals surface area contributed by atoms with Crippen molar-refractivity contribution < 1.29 is 4.52 Å². The lowest BCUT2D eigenvalue weighted by molar-refractivity contribution is 0.388. The van der Waals surface area contributed by atoms with E-state index in [-0.39, 0.29) is 15.2 Å². The van der Waals surface area contributed by atoms with Crippen molar-refractivity contribution in [3.63, 3.8) is 0 Å². The smallest absolute Gasteiger partial charge is 0.269 e. The number of hydrogen-bond acceptors (Lipinski definition) is 4. The molecule has 0 N–H and O–H groups in total. The summed E-state index contributed by atoms with van der Waals surface area (Å²) in [4.78, 5) is 15.6. The molecule has 0 unspecified atom stereocenters. The van der Waals surface area contributed by atoms with Gasteiger partial charge in [0.1, 0.15) is 15.9 Å². The van der Waals surface area contributed by atoms with Crippen LogP contribution in [0.3, 0.4) is 0 Å². The first-order valence-corrected chi connectivity index (χ1v) is 5.57. The standard InChI is InChI=1S/C9H7BrClN3O2/c1-5-2-6(13-16-5)3-14-4-12-8(11)7(10)9(14)15/h2,4H,3H2,1H3. The van der Waals surface area contributed by atoms with Crippen LogP contribution in [0.15, 0.2) is 26.2 Å². The summed E-state index contributed by atoms with van der Waals surface area (Å²) in [5.74, 6) is 0.698. The molecular weight excluding hydrogens is 297 g/mol. The van der Waals surface area contributed by atoms with E-state index in [1.807, 2.05) is 0 Å². The highest BCUT2D eigenvalue weighted by Crippen LogP contribution is 2.14. The van der Waals surface area contributed by atoms with Gasteiger partial charge in [-0.2, -0.15) is 0 Å². The maximum atomic E-state index is 11.7. The summed E-state index contributed by atoms with van der Waals surface area (Å²) in [6.07, 6.45) is 1.37. The molecule has 0 radical (unpaired) electrons. The molecule has 2 heterocycles. The molecule has 0 bridgehead atoms. The highest BCUT2D eigenvalue weighted by atomic mass is 79.9. The van der Waals surface area contributed by atoms with Gasteiger partial charge in [-0.3, -0.25) is 9.36 Å². The van der Waals surface area contributed by atoms with Crippen LogP contribution in [0.5, 0.6) is 0 Å². The van der Waals surface area contributed by atoms with Crippen molar-refractivity contribution in [1.82, 2.24) is 14.7 Å². The molecule has 0 aromatic carbocycles. The largest absolute Gasteiger partial charge is 0.361 e. The van der Waals surface area contributed by atoms with Crippen molar-refractivity contribution >= 4 is 27.5 Å². The molecule has 0 atom stereocenters. The molecule has 0 saturated heterocycles. The van der Waals surface area contributed by atoms with Gasteiger partial charge in [0.2, 0.25) is 0 Å². The zero-order valence-corrected chi connectivity index (χ0v) is 10.6. The molecule has 0 saturated carbocycles. The molecule has 2 rings (SSSR count). The predicted molar refractivity (Wildman–Crippen MR) is 61.5 cm³/mol. The van der Waals surface area contributed by atoms with Gasteiger partial charge in [0.25, 0.3) is 5.56 Å². The molecule has 0 aliphatic carbocycles. The van der Waals surface area contributed by atoms with Gasteiger partial charge < -0.3 is 4.52 Å². The third-order valence-electron chi connectivity index (χ3n) is 1.95. The lowest BCUT2D eigenvalue weighted by Crippen LogP contribution is -2.22. The minimum atomic E-state index is -0.249. The van der Waals surface area contributed by atoms with E-state index in [1.54, 1.807) is 13.0 Å². The summed E-state index contributed by atoms with van der Waals surface area (Å²) >= 11 is 8.76. The van der Waals surface area contributed by atoms with Gasteiger partial charge in [-0.15, -0.1) is 0 Å². The molecule has 2 aromatic heterocycles. The predicted octanol–water partition coefficient (Wildman–Crippen LogP) is 2.00. The van der Waals surface area contributed by atoms with Crippen LogP contribution in [0, 0.1) is 6.92 Å². The molecule has 7 heteroatoms. The van der Waals surface area contributed by atoms with Crippen LogP contribution in [0.4, 0.5) is 0 Å². The Bertz CT molecular complexity index is 578. The van der Waals surface area contributed by atoms with Crippen LogP contribution in [0.2, 0.25) is 5.15 Å². The van der Waals surface area contributed by atoms with Crippen LogP contribution in [-0.2, 0) is 6.54 Å². The third kappa shape index (κ3) is 2.17. The molecule has 0 amide bonds. The van der Waals surface area contributed by atoms with Crippen LogP contribution >= 0.6 is 27.5 Å². The summed E-state index contributed by atoms with van der Waals surface area (Å²) in [5, 5.41) is 3.94. The second-order valence-electron chi connectivity index (χ2n) is 3.21. The monoisotopic (exact) mass is 303 g/mol. The average molecular weight is 305 g/mol. The first-order valence-electron chi connectivity index (χ1n) is 4.40. The molecule has 84 valence electrons. The minimum absolute atomic E-state index is 0.151. The Morgan fingerprint density at radius 1 is 1.62 bits per heavy atom. The van der Waals surface area contributed by atoms with Crippen LogP contribution < -0.4 is 5.56 Å². The molecule has 2 aromatic rings. The maximum absolute atomic E-state index is 11.7. The Labute approximate surface area is 104 Å². The molecule has 0 aliphatic rings. The van der Waals surface area contributed by atoms with E-state index in [9.17, 15) is 4.79 Å². The number of hydrogen-bond donors (Lipinski definition) is 0. The number of nitrogens with zero attached hydrogens (tertiary/aromatic N) is 3. The number of halogens is 2. The van der Waals surface area contributed by atoms with Crippen LogP contribution in [0.25, 0.3) is 0 Å². The zero-order chi connectivity index (χ0) is 11.7. The first kappa shape index (κ1) is 11.3. The van der Waals surface area contributed by atoms with Crippen molar-refractivity contribution in [2.24, 2.45) is 0 Å². The Morgan fingerprint density at radius 2 is 2.38 bits per heavy atom. The van der Waals surface area contributed by atoms with Crippen molar-refractivity contribution in [1.29, 1.82) is 0 Å². The van der Waals surface area contributed by atoms with E-state index < -0.39 is 0 Å². The average Bonchev–Trinajstić information content (AvgIpc) is 2.65. The fourth-order valence-corrected chi connectivity index (χ4v) is 1.68. The molecule has 0 fully saturated rings.